The first kappa shape index (κ1) is 14.7. The van der Waals surface area contributed by atoms with Crippen LogP contribution < -0.4 is 10.6 Å². The van der Waals surface area contributed by atoms with E-state index in [2.05, 4.69) is 65.9 Å². The lowest BCUT2D eigenvalue weighted by Gasteiger charge is -2.14. The van der Waals surface area contributed by atoms with Crippen molar-refractivity contribution in [2.75, 3.05) is 11.9 Å². The molecule has 22 heavy (non-hydrogen) atoms. The Kier molecular flexibility index (Phi) is 4.46. The predicted octanol–water partition coefficient (Wildman–Crippen LogP) is 3.82. The van der Waals surface area contributed by atoms with Gasteiger partial charge in [-0.1, -0.05) is 47.9 Å². The van der Waals surface area contributed by atoms with Gasteiger partial charge in [0, 0.05) is 18.3 Å². The minimum Gasteiger partial charge on any atom is -0.381 e. The molecule has 0 saturated heterocycles. The molecule has 0 aliphatic heterocycles. The van der Waals surface area contributed by atoms with Gasteiger partial charge in [-0.3, -0.25) is 5.32 Å². The van der Waals surface area contributed by atoms with E-state index in [0.29, 0.717) is 12.6 Å². The monoisotopic (exact) mass is 290 g/mol. The lowest BCUT2D eigenvalue weighted by molar-refractivity contribution is 0.568. The summed E-state index contributed by atoms with van der Waals surface area (Å²) in [5.74, 6) is 2.67. The molecule has 112 valence electrons. The largest absolute Gasteiger partial charge is 0.381 e. The molecule has 2 N–H and O–H groups in total. The van der Waals surface area contributed by atoms with Crippen molar-refractivity contribution in [3.8, 4) is 12.3 Å². The number of benzene rings is 2. The second kappa shape index (κ2) is 6.68. The fourth-order valence-corrected chi connectivity index (χ4v) is 3.23. The average molecular weight is 290 g/mol. The molecule has 2 aromatic rings. The molecule has 0 aromatic heterocycles. The van der Waals surface area contributed by atoms with Crippen LogP contribution in [0.4, 0.5) is 5.69 Å². The lowest BCUT2D eigenvalue weighted by Crippen LogP contribution is -2.19. The van der Waals surface area contributed by atoms with Crippen LogP contribution in [0.1, 0.15) is 34.7 Å². The number of rotatable bonds is 5. The van der Waals surface area contributed by atoms with Crippen molar-refractivity contribution in [2.45, 2.75) is 32.4 Å². The van der Waals surface area contributed by atoms with E-state index < -0.39 is 0 Å². The molecule has 0 amide bonds. The summed E-state index contributed by atoms with van der Waals surface area (Å²) in [5, 5.41) is 7.03. The van der Waals surface area contributed by atoms with Gasteiger partial charge in [-0.05, 0) is 42.5 Å². The summed E-state index contributed by atoms with van der Waals surface area (Å²) in [6.07, 6.45) is 7.59. The van der Waals surface area contributed by atoms with Crippen LogP contribution in [-0.4, -0.2) is 6.54 Å². The van der Waals surface area contributed by atoms with Gasteiger partial charge in [0.15, 0.2) is 0 Å². The normalized spacial score (nSPS) is 16.1. The first-order valence-electron chi connectivity index (χ1n) is 7.86. The van der Waals surface area contributed by atoms with Gasteiger partial charge in [0.2, 0.25) is 0 Å². The van der Waals surface area contributed by atoms with E-state index in [1.54, 1.807) is 0 Å². The van der Waals surface area contributed by atoms with Crippen LogP contribution >= 0.6 is 0 Å². The second-order valence-electron chi connectivity index (χ2n) is 5.89. The van der Waals surface area contributed by atoms with Crippen molar-refractivity contribution < 1.29 is 0 Å². The van der Waals surface area contributed by atoms with Crippen LogP contribution in [0.15, 0.2) is 42.5 Å². The maximum absolute atomic E-state index is 5.36. The third-order valence-corrected chi connectivity index (χ3v) is 4.29. The van der Waals surface area contributed by atoms with Crippen molar-refractivity contribution in [2.24, 2.45) is 0 Å². The highest BCUT2D eigenvalue weighted by molar-refractivity contribution is 5.57. The van der Waals surface area contributed by atoms with Crippen LogP contribution in [0.25, 0.3) is 0 Å². The number of terminal acetylenes is 1. The number of hydrogen-bond donors (Lipinski definition) is 2. The van der Waals surface area contributed by atoms with Crippen molar-refractivity contribution in [3.63, 3.8) is 0 Å². The van der Waals surface area contributed by atoms with Crippen molar-refractivity contribution in [1.29, 1.82) is 0 Å². The van der Waals surface area contributed by atoms with E-state index in [1.807, 2.05) is 0 Å². The zero-order chi connectivity index (χ0) is 15.4. The molecule has 3 rings (SSSR count). The Balaban J connectivity index is 1.73. The summed E-state index contributed by atoms with van der Waals surface area (Å²) in [4.78, 5) is 0. The second-order valence-corrected chi connectivity index (χ2v) is 5.89. The van der Waals surface area contributed by atoms with Gasteiger partial charge in [0.05, 0.1) is 6.54 Å². The molecule has 2 aromatic carbocycles. The average Bonchev–Trinajstić information content (AvgIpc) is 2.95. The number of fused-ring (bicyclic) bond motifs is 1. The molecule has 2 nitrogen and oxygen atoms in total. The van der Waals surface area contributed by atoms with Crippen LogP contribution in [0.5, 0.6) is 0 Å². The molecular weight excluding hydrogens is 268 g/mol. The van der Waals surface area contributed by atoms with E-state index in [-0.39, 0.29) is 0 Å². The van der Waals surface area contributed by atoms with Crippen molar-refractivity contribution in [3.05, 3.63) is 64.7 Å². The maximum atomic E-state index is 5.36. The summed E-state index contributed by atoms with van der Waals surface area (Å²) in [7, 11) is 0. The standard InChI is InChI=1S/C20H22N2/c1-3-12-21-20-11-10-18-17(20)8-5-9-19(18)22-14-16-7-4-6-15(2)13-16/h1,4-9,13,20-22H,10-12,14H2,2H3. The lowest BCUT2D eigenvalue weighted by atomic mass is 10.1. The minimum atomic E-state index is 0.395. The summed E-state index contributed by atoms with van der Waals surface area (Å²) in [6.45, 7) is 3.62. The summed E-state index contributed by atoms with van der Waals surface area (Å²) < 4.78 is 0. The molecular formula is C20H22N2. The molecule has 2 heteroatoms. The Morgan fingerprint density at radius 1 is 1.23 bits per heavy atom. The number of aryl methyl sites for hydroxylation is 1. The van der Waals surface area contributed by atoms with E-state index in [9.17, 15) is 0 Å². The molecule has 1 aliphatic carbocycles. The molecule has 1 atom stereocenters. The Morgan fingerprint density at radius 2 is 2.09 bits per heavy atom. The van der Waals surface area contributed by atoms with Crippen LogP contribution in [0.3, 0.4) is 0 Å². The summed E-state index contributed by atoms with van der Waals surface area (Å²) >= 11 is 0. The van der Waals surface area contributed by atoms with Gasteiger partial charge in [-0.15, -0.1) is 6.42 Å². The molecule has 0 radical (unpaired) electrons. The van der Waals surface area contributed by atoms with E-state index in [0.717, 1.165) is 19.4 Å². The number of anilines is 1. The fourth-order valence-electron chi connectivity index (χ4n) is 3.23. The SMILES string of the molecule is C#CCNC1CCc2c(NCc3cccc(C)c3)cccc21. The minimum absolute atomic E-state index is 0.395. The smallest absolute Gasteiger partial charge is 0.0578 e. The first-order valence-corrected chi connectivity index (χ1v) is 7.86. The Hall–Kier alpha value is -2.24. The Morgan fingerprint density at radius 3 is 2.91 bits per heavy atom. The third kappa shape index (κ3) is 3.16. The van der Waals surface area contributed by atoms with Crippen LogP contribution in [0, 0.1) is 19.3 Å². The molecule has 1 unspecified atom stereocenters. The molecule has 0 bridgehead atoms. The predicted molar refractivity (Wildman–Crippen MR) is 92.8 cm³/mol. The Bertz CT molecular complexity index is 697. The first-order chi connectivity index (χ1) is 10.8. The number of nitrogens with one attached hydrogen (secondary N) is 2. The molecule has 0 spiro atoms. The summed E-state index contributed by atoms with van der Waals surface area (Å²) in [5.41, 5.74) is 6.70. The van der Waals surface area contributed by atoms with E-state index in [1.165, 1.54) is 27.9 Å². The molecule has 1 aliphatic rings. The third-order valence-electron chi connectivity index (χ3n) is 4.29. The van der Waals surface area contributed by atoms with Crippen LogP contribution in [0.2, 0.25) is 0 Å². The van der Waals surface area contributed by atoms with Gasteiger partial charge in [-0.2, -0.15) is 0 Å². The van der Waals surface area contributed by atoms with Gasteiger partial charge in [0.25, 0.3) is 0 Å². The fraction of sp³-hybridized carbons (Fsp3) is 0.300. The molecule has 0 fully saturated rings. The zero-order valence-electron chi connectivity index (χ0n) is 13.0. The number of hydrogen-bond acceptors (Lipinski definition) is 2. The topological polar surface area (TPSA) is 24.1 Å². The highest BCUT2D eigenvalue weighted by Crippen LogP contribution is 2.35. The van der Waals surface area contributed by atoms with Gasteiger partial charge in [0.1, 0.15) is 0 Å². The van der Waals surface area contributed by atoms with Crippen molar-refractivity contribution >= 4 is 5.69 Å². The van der Waals surface area contributed by atoms with Crippen LogP contribution in [-0.2, 0) is 13.0 Å². The van der Waals surface area contributed by atoms with Gasteiger partial charge in [-0.25, -0.2) is 0 Å². The molecule has 0 saturated carbocycles. The highest BCUT2D eigenvalue weighted by atomic mass is 14.9. The Labute approximate surface area is 133 Å². The van der Waals surface area contributed by atoms with Crippen molar-refractivity contribution in [1.82, 2.24) is 5.32 Å². The van der Waals surface area contributed by atoms with E-state index >= 15 is 0 Å². The highest BCUT2D eigenvalue weighted by Gasteiger charge is 2.23. The van der Waals surface area contributed by atoms with Gasteiger partial charge < -0.3 is 5.32 Å². The summed E-state index contributed by atoms with van der Waals surface area (Å²) in [6, 6.07) is 15.6. The quantitative estimate of drug-likeness (QED) is 0.818. The maximum Gasteiger partial charge on any atom is 0.0578 e. The zero-order valence-corrected chi connectivity index (χ0v) is 13.0. The van der Waals surface area contributed by atoms with Gasteiger partial charge >= 0.3 is 0 Å². The molecule has 0 heterocycles. The van der Waals surface area contributed by atoms with E-state index in [4.69, 9.17) is 6.42 Å².